The minimum absolute atomic E-state index is 0.0526. The maximum atomic E-state index is 11.9. The molecule has 1 rings (SSSR count). The molecule has 17 heavy (non-hydrogen) atoms. The zero-order valence-electron chi connectivity index (χ0n) is 9.67. The molecule has 7 nitrogen and oxygen atoms in total. The predicted octanol–water partition coefficient (Wildman–Crippen LogP) is -1.64. The van der Waals surface area contributed by atoms with Crippen molar-refractivity contribution in [2.45, 2.75) is 32.5 Å². The van der Waals surface area contributed by atoms with E-state index in [1.165, 1.54) is 10.8 Å². The fourth-order valence-corrected chi connectivity index (χ4v) is 1.51. The Labute approximate surface area is 97.7 Å². The number of hydrogen-bond donors (Lipinski definition) is 3. The second kappa shape index (κ2) is 5.65. The van der Waals surface area contributed by atoms with Gasteiger partial charge in [-0.05, 0) is 6.42 Å². The smallest absolute Gasteiger partial charge is 0.331 e. The summed E-state index contributed by atoms with van der Waals surface area (Å²) in [4.78, 5) is 23.5. The molecule has 0 aliphatic carbocycles. The number of nitrogens with two attached hydrogens (primary N) is 1. The van der Waals surface area contributed by atoms with Gasteiger partial charge in [0.15, 0.2) is 0 Å². The number of aliphatic hydroxyl groups excluding tert-OH is 2. The van der Waals surface area contributed by atoms with Crippen LogP contribution in [-0.4, -0.2) is 32.1 Å². The van der Waals surface area contributed by atoms with Gasteiger partial charge in [-0.2, -0.15) is 0 Å². The molecule has 1 aromatic rings. The van der Waals surface area contributed by atoms with E-state index in [2.05, 4.69) is 0 Å². The van der Waals surface area contributed by atoms with Crippen LogP contribution in [0.3, 0.4) is 0 Å². The first-order valence-electron chi connectivity index (χ1n) is 5.40. The molecule has 0 bridgehead atoms. The molecular weight excluding hydrogens is 226 g/mol. The summed E-state index contributed by atoms with van der Waals surface area (Å²) in [5.41, 5.74) is 4.28. The Morgan fingerprint density at radius 2 is 2.12 bits per heavy atom. The lowest BCUT2D eigenvalue weighted by molar-refractivity contribution is 0.0789. The Balaban J connectivity index is 3.27. The summed E-state index contributed by atoms with van der Waals surface area (Å²) in [6, 6.07) is 0. The second-order valence-corrected chi connectivity index (χ2v) is 3.81. The number of aliphatic hydroxyl groups is 2. The van der Waals surface area contributed by atoms with Crippen molar-refractivity contribution < 1.29 is 10.2 Å². The van der Waals surface area contributed by atoms with Crippen LogP contribution in [0.2, 0.25) is 0 Å². The summed E-state index contributed by atoms with van der Waals surface area (Å²) >= 11 is 0. The highest BCUT2D eigenvalue weighted by Crippen LogP contribution is 1.93. The maximum Gasteiger partial charge on any atom is 0.331 e. The number of nitrogens with zero attached hydrogens (tertiary/aromatic N) is 2. The van der Waals surface area contributed by atoms with Crippen LogP contribution < -0.4 is 17.0 Å². The summed E-state index contributed by atoms with van der Waals surface area (Å²) in [7, 11) is 0. The first kappa shape index (κ1) is 13.5. The topological polar surface area (TPSA) is 110 Å². The third-order valence-corrected chi connectivity index (χ3v) is 2.33. The van der Waals surface area contributed by atoms with Gasteiger partial charge in [0.05, 0.1) is 19.3 Å². The summed E-state index contributed by atoms with van der Waals surface area (Å²) in [6.07, 6.45) is 0.869. The van der Waals surface area contributed by atoms with Crippen molar-refractivity contribution >= 4 is 5.69 Å². The van der Waals surface area contributed by atoms with Crippen LogP contribution in [0.15, 0.2) is 15.8 Å². The van der Waals surface area contributed by atoms with Crippen molar-refractivity contribution in [3.8, 4) is 0 Å². The quantitative estimate of drug-likeness (QED) is 0.574. The molecule has 0 aliphatic rings. The van der Waals surface area contributed by atoms with E-state index in [1.807, 2.05) is 6.92 Å². The monoisotopic (exact) mass is 243 g/mol. The van der Waals surface area contributed by atoms with Gasteiger partial charge in [0.1, 0.15) is 5.69 Å². The molecule has 0 aromatic carbocycles. The number of hydrogen-bond acceptors (Lipinski definition) is 5. The standard InChI is InChI=1S/C10H17N3O4/c1-2-3-12-5-8(11)9(16)13(10(12)17)4-7(15)6-14/h5,7,14-15H,2-4,6,11H2,1H3. The number of rotatable bonds is 5. The molecular formula is C10H17N3O4. The molecule has 0 radical (unpaired) electrons. The SMILES string of the molecule is CCCn1cc(N)c(=O)n(CC(O)CO)c1=O. The van der Waals surface area contributed by atoms with E-state index in [4.69, 9.17) is 10.8 Å². The van der Waals surface area contributed by atoms with Crippen molar-refractivity contribution in [1.29, 1.82) is 0 Å². The fourth-order valence-electron chi connectivity index (χ4n) is 1.51. The molecule has 0 saturated carbocycles. The van der Waals surface area contributed by atoms with Crippen LogP contribution in [0, 0.1) is 0 Å². The van der Waals surface area contributed by atoms with Gasteiger partial charge in [-0.3, -0.25) is 13.9 Å². The summed E-state index contributed by atoms with van der Waals surface area (Å²) in [6.45, 7) is 1.55. The molecule has 96 valence electrons. The fraction of sp³-hybridized carbons (Fsp3) is 0.600. The lowest BCUT2D eigenvalue weighted by Crippen LogP contribution is -2.43. The van der Waals surface area contributed by atoms with Crippen molar-refractivity contribution in [1.82, 2.24) is 9.13 Å². The van der Waals surface area contributed by atoms with Gasteiger partial charge in [-0.15, -0.1) is 0 Å². The predicted molar refractivity (Wildman–Crippen MR) is 62.8 cm³/mol. The highest BCUT2D eigenvalue weighted by molar-refractivity contribution is 5.30. The molecule has 1 unspecified atom stereocenters. The van der Waals surface area contributed by atoms with Crippen molar-refractivity contribution in [2.24, 2.45) is 0 Å². The zero-order valence-corrected chi connectivity index (χ0v) is 9.67. The van der Waals surface area contributed by atoms with E-state index < -0.39 is 24.0 Å². The molecule has 0 spiro atoms. The third kappa shape index (κ3) is 2.95. The first-order valence-corrected chi connectivity index (χ1v) is 5.40. The highest BCUT2D eigenvalue weighted by atomic mass is 16.3. The Morgan fingerprint density at radius 1 is 1.47 bits per heavy atom. The minimum atomic E-state index is -1.16. The van der Waals surface area contributed by atoms with Gasteiger partial charge in [0.2, 0.25) is 0 Å². The van der Waals surface area contributed by atoms with Crippen molar-refractivity contribution in [3.63, 3.8) is 0 Å². The highest BCUT2D eigenvalue weighted by Gasteiger charge is 2.12. The van der Waals surface area contributed by atoms with Crippen molar-refractivity contribution in [2.75, 3.05) is 12.3 Å². The Morgan fingerprint density at radius 3 is 2.65 bits per heavy atom. The van der Waals surface area contributed by atoms with Gasteiger partial charge < -0.3 is 15.9 Å². The van der Waals surface area contributed by atoms with Crippen LogP contribution >= 0.6 is 0 Å². The first-order chi connectivity index (χ1) is 8.01. The Hall–Kier alpha value is -1.60. The van der Waals surface area contributed by atoms with E-state index >= 15 is 0 Å². The molecule has 7 heteroatoms. The summed E-state index contributed by atoms with van der Waals surface area (Å²) in [5.74, 6) is 0. The molecule has 0 amide bonds. The van der Waals surface area contributed by atoms with E-state index in [1.54, 1.807) is 0 Å². The average Bonchev–Trinajstić information content (AvgIpc) is 2.31. The number of nitrogen functional groups attached to an aromatic ring is 1. The summed E-state index contributed by atoms with van der Waals surface area (Å²) in [5, 5.41) is 18.0. The van der Waals surface area contributed by atoms with Crippen LogP contribution in [0.25, 0.3) is 0 Å². The molecule has 0 fully saturated rings. The van der Waals surface area contributed by atoms with E-state index in [9.17, 15) is 14.7 Å². The van der Waals surface area contributed by atoms with Crippen LogP contribution in [0.4, 0.5) is 5.69 Å². The van der Waals surface area contributed by atoms with Crippen LogP contribution in [-0.2, 0) is 13.1 Å². The molecule has 1 aromatic heterocycles. The average molecular weight is 243 g/mol. The number of anilines is 1. The second-order valence-electron chi connectivity index (χ2n) is 3.81. The van der Waals surface area contributed by atoms with Crippen LogP contribution in [0.1, 0.15) is 13.3 Å². The Bertz CT molecular complexity index is 491. The number of aromatic nitrogens is 2. The van der Waals surface area contributed by atoms with Gasteiger partial charge in [-0.25, -0.2) is 4.79 Å². The van der Waals surface area contributed by atoms with Gasteiger partial charge in [-0.1, -0.05) is 6.92 Å². The zero-order chi connectivity index (χ0) is 13.0. The third-order valence-electron chi connectivity index (χ3n) is 2.33. The van der Waals surface area contributed by atoms with Crippen molar-refractivity contribution in [3.05, 3.63) is 27.0 Å². The lowest BCUT2D eigenvalue weighted by Gasteiger charge is -2.12. The molecule has 0 aliphatic heterocycles. The molecule has 0 saturated heterocycles. The van der Waals surface area contributed by atoms with Gasteiger partial charge in [0.25, 0.3) is 5.56 Å². The summed E-state index contributed by atoms with van der Waals surface area (Å²) < 4.78 is 2.16. The van der Waals surface area contributed by atoms with E-state index in [-0.39, 0.29) is 12.2 Å². The Kier molecular flexibility index (Phi) is 4.47. The largest absolute Gasteiger partial charge is 0.394 e. The van der Waals surface area contributed by atoms with E-state index in [0.717, 1.165) is 11.0 Å². The number of aryl methyl sites for hydroxylation is 1. The van der Waals surface area contributed by atoms with Crippen LogP contribution in [0.5, 0.6) is 0 Å². The minimum Gasteiger partial charge on any atom is -0.394 e. The van der Waals surface area contributed by atoms with Gasteiger partial charge >= 0.3 is 5.69 Å². The maximum absolute atomic E-state index is 11.9. The molecule has 1 heterocycles. The molecule has 1 atom stereocenters. The normalized spacial score (nSPS) is 12.6. The van der Waals surface area contributed by atoms with Gasteiger partial charge in [0, 0.05) is 12.7 Å². The van der Waals surface area contributed by atoms with E-state index in [0.29, 0.717) is 6.54 Å². The molecule has 4 N–H and O–H groups in total. The lowest BCUT2D eigenvalue weighted by atomic mass is 10.3.